The van der Waals surface area contributed by atoms with Crippen molar-refractivity contribution in [3.05, 3.63) is 46.5 Å². The zero-order chi connectivity index (χ0) is 17.2. The van der Waals surface area contributed by atoms with E-state index in [1.54, 1.807) is 10.8 Å². The van der Waals surface area contributed by atoms with Crippen molar-refractivity contribution in [1.82, 2.24) is 19.5 Å². The summed E-state index contributed by atoms with van der Waals surface area (Å²) in [6.07, 6.45) is 7.88. The van der Waals surface area contributed by atoms with E-state index in [9.17, 15) is 4.79 Å². The fourth-order valence-electron chi connectivity index (χ4n) is 3.65. The summed E-state index contributed by atoms with van der Waals surface area (Å²) in [5.74, 6) is 0.554. The van der Waals surface area contributed by atoms with Gasteiger partial charge >= 0.3 is 5.69 Å². The van der Waals surface area contributed by atoms with Crippen LogP contribution >= 0.6 is 0 Å². The normalized spacial score (nSPS) is 15.7. The number of aromatic amines is 1. The van der Waals surface area contributed by atoms with Gasteiger partial charge < -0.3 is 5.11 Å². The van der Waals surface area contributed by atoms with E-state index in [4.69, 9.17) is 5.11 Å². The number of imidazole rings is 1. The van der Waals surface area contributed by atoms with Crippen LogP contribution in [-0.4, -0.2) is 24.6 Å². The number of hydrogen-bond donors (Lipinski definition) is 2. The molecule has 1 fully saturated rings. The molecule has 2 heterocycles. The number of aromatic nitrogens is 4. The molecular formula is C19H22N4O2. The Bertz CT molecular complexity index is 921. The maximum Gasteiger partial charge on any atom is 0.328 e. The molecule has 0 radical (unpaired) electrons. The second-order valence-corrected chi connectivity index (χ2v) is 6.83. The monoisotopic (exact) mass is 338 g/mol. The van der Waals surface area contributed by atoms with Gasteiger partial charge in [-0.1, -0.05) is 43.5 Å². The van der Waals surface area contributed by atoms with Crippen LogP contribution in [0.3, 0.4) is 0 Å². The summed E-state index contributed by atoms with van der Waals surface area (Å²) in [6.45, 7) is 0.736. The largest absolute Gasteiger partial charge is 0.392 e. The second kappa shape index (κ2) is 6.80. The molecule has 2 N–H and O–H groups in total. The molecule has 0 unspecified atom stereocenters. The highest BCUT2D eigenvalue weighted by molar-refractivity contribution is 5.70. The molecule has 6 nitrogen and oxygen atoms in total. The summed E-state index contributed by atoms with van der Waals surface area (Å²) >= 11 is 0. The Morgan fingerprint density at radius 2 is 1.92 bits per heavy atom. The number of aliphatic hydroxyl groups is 1. The standard InChI is InChI=1S/C19H22N4O2/c24-12-14-6-8-15(9-7-14)16-10-20-18-17(21-16)22-19(25)23(18)11-13-4-2-1-3-5-13/h6-10,13,24H,1-5,11-12H2,(H,21,22,25). The predicted octanol–water partition coefficient (Wildman–Crippen LogP) is 2.86. The van der Waals surface area contributed by atoms with Gasteiger partial charge in [-0.25, -0.2) is 14.8 Å². The molecular weight excluding hydrogens is 316 g/mol. The van der Waals surface area contributed by atoms with Crippen LogP contribution in [0.25, 0.3) is 22.6 Å². The molecule has 0 aliphatic heterocycles. The fourth-order valence-corrected chi connectivity index (χ4v) is 3.65. The van der Waals surface area contributed by atoms with Gasteiger partial charge in [-0.2, -0.15) is 0 Å². The highest BCUT2D eigenvalue weighted by Gasteiger charge is 2.18. The van der Waals surface area contributed by atoms with E-state index in [-0.39, 0.29) is 12.3 Å². The minimum atomic E-state index is -0.131. The number of aliphatic hydroxyl groups excluding tert-OH is 1. The lowest BCUT2D eigenvalue weighted by Gasteiger charge is -2.21. The molecule has 1 aromatic carbocycles. The van der Waals surface area contributed by atoms with Gasteiger partial charge in [0.25, 0.3) is 0 Å². The Balaban J connectivity index is 1.66. The molecule has 1 aliphatic carbocycles. The molecule has 1 aliphatic rings. The van der Waals surface area contributed by atoms with Gasteiger partial charge in [0.05, 0.1) is 18.5 Å². The summed E-state index contributed by atoms with van der Waals surface area (Å²) in [5, 5.41) is 9.14. The Kier molecular flexibility index (Phi) is 4.36. The first kappa shape index (κ1) is 16.0. The van der Waals surface area contributed by atoms with Gasteiger partial charge in [-0.3, -0.25) is 9.55 Å². The maximum atomic E-state index is 12.3. The van der Waals surface area contributed by atoms with Crippen LogP contribution in [0.1, 0.15) is 37.7 Å². The summed E-state index contributed by atoms with van der Waals surface area (Å²) < 4.78 is 1.73. The first-order valence-electron chi connectivity index (χ1n) is 8.90. The van der Waals surface area contributed by atoms with E-state index in [0.29, 0.717) is 22.9 Å². The molecule has 0 amide bonds. The molecule has 0 atom stereocenters. The Morgan fingerprint density at radius 3 is 2.64 bits per heavy atom. The van der Waals surface area contributed by atoms with Gasteiger partial charge in [0, 0.05) is 12.1 Å². The van der Waals surface area contributed by atoms with Crippen molar-refractivity contribution >= 4 is 11.3 Å². The Morgan fingerprint density at radius 1 is 1.16 bits per heavy atom. The molecule has 3 aromatic rings. The van der Waals surface area contributed by atoms with Crippen LogP contribution in [0.2, 0.25) is 0 Å². The topological polar surface area (TPSA) is 83.8 Å². The highest BCUT2D eigenvalue weighted by Crippen LogP contribution is 2.25. The second-order valence-electron chi connectivity index (χ2n) is 6.83. The van der Waals surface area contributed by atoms with Crippen LogP contribution in [0.4, 0.5) is 0 Å². The van der Waals surface area contributed by atoms with Gasteiger partial charge in [0.1, 0.15) is 0 Å². The number of hydrogen-bond acceptors (Lipinski definition) is 4. The molecule has 4 rings (SSSR count). The van der Waals surface area contributed by atoms with Crippen LogP contribution in [0.15, 0.2) is 35.3 Å². The fraction of sp³-hybridized carbons (Fsp3) is 0.421. The van der Waals surface area contributed by atoms with E-state index < -0.39 is 0 Å². The number of nitrogens with zero attached hydrogens (tertiary/aromatic N) is 3. The minimum absolute atomic E-state index is 0.0162. The number of rotatable bonds is 4. The van der Waals surface area contributed by atoms with E-state index in [1.165, 1.54) is 32.1 Å². The van der Waals surface area contributed by atoms with Crippen LogP contribution in [0, 0.1) is 5.92 Å². The van der Waals surface area contributed by atoms with Gasteiger partial charge in [-0.05, 0) is 24.3 Å². The lowest BCUT2D eigenvalue weighted by Crippen LogP contribution is -2.23. The van der Waals surface area contributed by atoms with Crippen molar-refractivity contribution in [3.63, 3.8) is 0 Å². The lowest BCUT2D eigenvalue weighted by atomic mass is 9.89. The van der Waals surface area contributed by atoms with Crippen LogP contribution < -0.4 is 5.69 Å². The maximum absolute atomic E-state index is 12.3. The van der Waals surface area contributed by atoms with E-state index >= 15 is 0 Å². The molecule has 6 heteroatoms. The molecule has 130 valence electrons. The summed E-state index contributed by atoms with van der Waals surface area (Å²) in [5.41, 5.74) is 3.50. The van der Waals surface area contributed by atoms with Crippen LogP contribution in [0.5, 0.6) is 0 Å². The van der Waals surface area contributed by atoms with Crippen LogP contribution in [-0.2, 0) is 13.2 Å². The van der Waals surface area contributed by atoms with Gasteiger partial charge in [-0.15, -0.1) is 0 Å². The molecule has 0 bridgehead atoms. The third-order valence-corrected chi connectivity index (χ3v) is 5.08. The minimum Gasteiger partial charge on any atom is -0.392 e. The van der Waals surface area contributed by atoms with Crippen molar-refractivity contribution in [2.24, 2.45) is 5.92 Å². The zero-order valence-electron chi connectivity index (χ0n) is 14.1. The Hall–Kier alpha value is -2.47. The molecule has 0 saturated heterocycles. The third kappa shape index (κ3) is 3.22. The number of nitrogens with one attached hydrogen (secondary N) is 1. The van der Waals surface area contributed by atoms with Crippen molar-refractivity contribution in [2.75, 3.05) is 0 Å². The SMILES string of the molecule is O=c1[nH]c2nc(-c3ccc(CO)cc3)cnc2n1CC1CCCCC1. The first-order chi connectivity index (χ1) is 12.2. The van der Waals surface area contributed by atoms with Crippen molar-refractivity contribution in [1.29, 1.82) is 0 Å². The summed E-state index contributed by atoms with van der Waals surface area (Å²) in [7, 11) is 0. The average molecular weight is 338 g/mol. The molecule has 0 spiro atoms. The average Bonchev–Trinajstić information content (AvgIpc) is 2.97. The van der Waals surface area contributed by atoms with E-state index in [1.807, 2.05) is 24.3 Å². The van der Waals surface area contributed by atoms with Gasteiger partial charge in [0.15, 0.2) is 11.3 Å². The zero-order valence-corrected chi connectivity index (χ0v) is 14.1. The number of fused-ring (bicyclic) bond motifs is 1. The molecule has 1 saturated carbocycles. The smallest absolute Gasteiger partial charge is 0.328 e. The molecule has 2 aromatic heterocycles. The molecule has 25 heavy (non-hydrogen) atoms. The van der Waals surface area contributed by atoms with Crippen molar-refractivity contribution < 1.29 is 5.11 Å². The van der Waals surface area contributed by atoms with E-state index in [0.717, 1.165) is 17.7 Å². The summed E-state index contributed by atoms with van der Waals surface area (Å²) in [4.78, 5) is 24.3. The summed E-state index contributed by atoms with van der Waals surface area (Å²) in [6, 6.07) is 7.52. The number of H-pyrrole nitrogens is 1. The quantitative estimate of drug-likeness (QED) is 0.766. The first-order valence-corrected chi connectivity index (χ1v) is 8.90. The third-order valence-electron chi connectivity index (χ3n) is 5.08. The lowest BCUT2D eigenvalue weighted by molar-refractivity contribution is 0.282. The number of benzene rings is 1. The Labute approximate surface area is 145 Å². The van der Waals surface area contributed by atoms with Crippen molar-refractivity contribution in [3.8, 4) is 11.3 Å². The predicted molar refractivity (Wildman–Crippen MR) is 96.1 cm³/mol. The highest BCUT2D eigenvalue weighted by atomic mass is 16.3. The van der Waals surface area contributed by atoms with Crippen molar-refractivity contribution in [2.45, 2.75) is 45.3 Å². The van der Waals surface area contributed by atoms with E-state index in [2.05, 4.69) is 15.0 Å². The van der Waals surface area contributed by atoms with Gasteiger partial charge in [0.2, 0.25) is 0 Å².